The van der Waals surface area contributed by atoms with E-state index in [2.05, 4.69) is 20.3 Å². The van der Waals surface area contributed by atoms with Gasteiger partial charge in [-0.1, -0.05) is 11.6 Å². The molecule has 0 bridgehead atoms. The van der Waals surface area contributed by atoms with E-state index in [1.54, 1.807) is 6.20 Å². The number of fused-ring (bicyclic) bond motifs is 1. The minimum Gasteiger partial charge on any atom is -0.358 e. The molecule has 1 unspecified atom stereocenters. The fourth-order valence-corrected chi connectivity index (χ4v) is 2.74. The SMILES string of the molecule is Clc1cc(C2N=Cc3c(cncc3C3CC3)N2)ccn1. The number of halogens is 1. The van der Waals surface area contributed by atoms with Gasteiger partial charge in [-0.05, 0) is 36.5 Å². The second-order valence-corrected chi connectivity index (χ2v) is 5.59. The average Bonchev–Trinajstić information content (AvgIpc) is 3.30. The summed E-state index contributed by atoms with van der Waals surface area (Å²) in [4.78, 5) is 12.9. The number of pyridine rings is 2. The third-order valence-corrected chi connectivity index (χ3v) is 3.95. The van der Waals surface area contributed by atoms with Gasteiger partial charge in [-0.2, -0.15) is 0 Å². The standard InChI is InChI=1S/C15H13ClN4/c16-14-5-10(3-4-18-14)15-19-7-12-11(9-1-2-9)6-17-8-13(12)20-15/h3-9,15,20H,1-2H2. The van der Waals surface area contributed by atoms with Crippen molar-refractivity contribution >= 4 is 23.5 Å². The van der Waals surface area contributed by atoms with E-state index in [0.29, 0.717) is 11.1 Å². The van der Waals surface area contributed by atoms with E-state index in [1.165, 1.54) is 24.0 Å². The van der Waals surface area contributed by atoms with E-state index >= 15 is 0 Å². The van der Waals surface area contributed by atoms with Crippen LogP contribution in [0.4, 0.5) is 5.69 Å². The Balaban J connectivity index is 1.70. The van der Waals surface area contributed by atoms with Crippen molar-refractivity contribution in [3.05, 3.63) is 52.6 Å². The van der Waals surface area contributed by atoms with Crippen LogP contribution in [0.15, 0.2) is 35.7 Å². The summed E-state index contributed by atoms with van der Waals surface area (Å²) in [5.74, 6) is 0.664. The molecule has 3 heterocycles. The molecule has 0 amide bonds. The zero-order valence-corrected chi connectivity index (χ0v) is 11.5. The van der Waals surface area contributed by atoms with Gasteiger partial charge in [0.15, 0.2) is 0 Å². The topological polar surface area (TPSA) is 50.2 Å². The third kappa shape index (κ3) is 2.06. The van der Waals surface area contributed by atoms with Crippen molar-refractivity contribution in [3.8, 4) is 0 Å². The number of aliphatic imine (C=N–C) groups is 1. The van der Waals surface area contributed by atoms with Gasteiger partial charge in [-0.15, -0.1) is 0 Å². The molecule has 100 valence electrons. The number of nitrogens with one attached hydrogen (secondary N) is 1. The van der Waals surface area contributed by atoms with Crippen molar-refractivity contribution in [3.63, 3.8) is 0 Å². The maximum absolute atomic E-state index is 5.94. The summed E-state index contributed by atoms with van der Waals surface area (Å²) in [5.41, 5.74) is 4.54. The number of aromatic nitrogens is 2. The second-order valence-electron chi connectivity index (χ2n) is 5.20. The Hall–Kier alpha value is -1.94. The molecule has 2 aromatic heterocycles. The number of hydrogen-bond acceptors (Lipinski definition) is 4. The molecule has 4 rings (SSSR count). The monoisotopic (exact) mass is 284 g/mol. The molecule has 20 heavy (non-hydrogen) atoms. The molecule has 1 aliphatic carbocycles. The van der Waals surface area contributed by atoms with Gasteiger partial charge in [0.1, 0.15) is 11.3 Å². The molecule has 0 aromatic carbocycles. The summed E-state index contributed by atoms with van der Waals surface area (Å²) in [6.45, 7) is 0. The maximum Gasteiger partial charge on any atom is 0.144 e. The summed E-state index contributed by atoms with van der Waals surface area (Å²) >= 11 is 5.94. The number of hydrogen-bond donors (Lipinski definition) is 1. The lowest BCUT2D eigenvalue weighted by Gasteiger charge is -2.23. The predicted octanol–water partition coefficient (Wildman–Crippen LogP) is 3.55. The molecule has 1 N–H and O–H groups in total. The Morgan fingerprint density at radius 1 is 1.25 bits per heavy atom. The van der Waals surface area contributed by atoms with Crippen molar-refractivity contribution in [2.45, 2.75) is 24.9 Å². The average molecular weight is 285 g/mol. The van der Waals surface area contributed by atoms with Crippen LogP contribution in [-0.4, -0.2) is 16.2 Å². The first-order chi connectivity index (χ1) is 9.81. The first-order valence-electron chi connectivity index (χ1n) is 6.70. The van der Waals surface area contributed by atoms with Crippen molar-refractivity contribution < 1.29 is 0 Å². The van der Waals surface area contributed by atoms with E-state index < -0.39 is 0 Å². The summed E-state index contributed by atoms with van der Waals surface area (Å²) in [6, 6.07) is 3.75. The molecule has 1 atom stereocenters. The minimum atomic E-state index is -0.126. The minimum absolute atomic E-state index is 0.126. The van der Waals surface area contributed by atoms with E-state index in [-0.39, 0.29) is 6.17 Å². The summed E-state index contributed by atoms with van der Waals surface area (Å²) < 4.78 is 0. The van der Waals surface area contributed by atoms with Crippen LogP contribution >= 0.6 is 11.6 Å². The number of nitrogens with zero attached hydrogens (tertiary/aromatic N) is 3. The summed E-state index contributed by atoms with van der Waals surface area (Å²) in [6.07, 6.45) is 9.88. The van der Waals surface area contributed by atoms with E-state index in [4.69, 9.17) is 11.6 Å². The molecule has 1 fully saturated rings. The van der Waals surface area contributed by atoms with Gasteiger partial charge >= 0.3 is 0 Å². The van der Waals surface area contributed by atoms with Crippen molar-refractivity contribution in [1.29, 1.82) is 0 Å². The zero-order valence-electron chi connectivity index (χ0n) is 10.8. The molecular weight excluding hydrogens is 272 g/mol. The van der Waals surface area contributed by atoms with Crippen molar-refractivity contribution in [1.82, 2.24) is 9.97 Å². The molecule has 0 radical (unpaired) electrons. The normalized spacial score (nSPS) is 20.4. The van der Waals surface area contributed by atoms with Crippen LogP contribution in [0.5, 0.6) is 0 Å². The zero-order chi connectivity index (χ0) is 13.5. The van der Waals surface area contributed by atoms with Crippen molar-refractivity contribution in [2.75, 3.05) is 5.32 Å². The fraction of sp³-hybridized carbons (Fsp3) is 0.267. The molecule has 1 saturated carbocycles. The van der Waals surface area contributed by atoms with E-state index in [9.17, 15) is 0 Å². The number of anilines is 1. The largest absolute Gasteiger partial charge is 0.358 e. The first-order valence-corrected chi connectivity index (χ1v) is 7.08. The molecule has 0 saturated heterocycles. The van der Waals surface area contributed by atoms with Gasteiger partial charge in [0.2, 0.25) is 0 Å². The van der Waals surface area contributed by atoms with Crippen LogP contribution in [0.1, 0.15) is 41.6 Å². The molecule has 1 aliphatic heterocycles. The van der Waals surface area contributed by atoms with Gasteiger partial charge in [0.25, 0.3) is 0 Å². The fourth-order valence-electron chi connectivity index (χ4n) is 2.56. The predicted molar refractivity (Wildman–Crippen MR) is 79.4 cm³/mol. The highest BCUT2D eigenvalue weighted by molar-refractivity contribution is 6.29. The highest BCUT2D eigenvalue weighted by atomic mass is 35.5. The third-order valence-electron chi connectivity index (χ3n) is 3.75. The highest BCUT2D eigenvalue weighted by Gasteiger charge is 2.28. The Morgan fingerprint density at radius 2 is 2.15 bits per heavy atom. The smallest absolute Gasteiger partial charge is 0.144 e. The summed E-state index contributed by atoms with van der Waals surface area (Å²) in [7, 11) is 0. The van der Waals surface area contributed by atoms with Crippen LogP contribution in [0.25, 0.3) is 0 Å². The molecule has 5 heteroatoms. The first kappa shape index (κ1) is 11.9. The molecule has 4 nitrogen and oxygen atoms in total. The van der Waals surface area contributed by atoms with Gasteiger partial charge in [0.05, 0.1) is 11.9 Å². The van der Waals surface area contributed by atoms with E-state index in [1.807, 2.05) is 30.7 Å². The van der Waals surface area contributed by atoms with Crippen LogP contribution in [-0.2, 0) is 0 Å². The highest BCUT2D eigenvalue weighted by Crippen LogP contribution is 2.43. The van der Waals surface area contributed by atoms with Crippen LogP contribution < -0.4 is 5.32 Å². The Labute approximate surface area is 121 Å². The van der Waals surface area contributed by atoms with Crippen LogP contribution in [0.2, 0.25) is 5.15 Å². The maximum atomic E-state index is 5.94. The lowest BCUT2D eigenvalue weighted by Crippen LogP contribution is -2.16. The molecular formula is C15H13ClN4. The molecule has 2 aromatic rings. The van der Waals surface area contributed by atoms with E-state index in [0.717, 1.165) is 11.3 Å². The second kappa shape index (κ2) is 4.56. The lowest BCUT2D eigenvalue weighted by atomic mass is 10.0. The van der Waals surface area contributed by atoms with Gasteiger partial charge < -0.3 is 5.32 Å². The quantitative estimate of drug-likeness (QED) is 0.858. The summed E-state index contributed by atoms with van der Waals surface area (Å²) in [5, 5.41) is 3.90. The molecule has 0 spiro atoms. The van der Waals surface area contributed by atoms with Gasteiger partial charge in [0, 0.05) is 29.7 Å². The lowest BCUT2D eigenvalue weighted by molar-refractivity contribution is 0.826. The van der Waals surface area contributed by atoms with Crippen LogP contribution in [0, 0.1) is 0 Å². The Morgan fingerprint density at radius 3 is 2.95 bits per heavy atom. The van der Waals surface area contributed by atoms with Gasteiger partial charge in [-0.3, -0.25) is 9.98 Å². The number of rotatable bonds is 2. The molecule has 2 aliphatic rings. The van der Waals surface area contributed by atoms with Crippen LogP contribution in [0.3, 0.4) is 0 Å². The Kier molecular flexibility index (Phi) is 2.70. The van der Waals surface area contributed by atoms with Crippen molar-refractivity contribution in [2.24, 2.45) is 4.99 Å². The van der Waals surface area contributed by atoms with Gasteiger partial charge in [-0.25, -0.2) is 4.98 Å². The Bertz CT molecular complexity index is 694.